The molecule has 248 valence electrons. The van der Waals surface area contributed by atoms with E-state index in [0.717, 1.165) is 38.5 Å². The quantitative estimate of drug-likeness (QED) is 0.0620. The number of nitrogens with one attached hydrogen (secondary N) is 1. The van der Waals surface area contributed by atoms with Gasteiger partial charge in [0.05, 0.1) is 25.4 Å². The van der Waals surface area contributed by atoms with Crippen LogP contribution in [0, 0.1) is 0 Å². The molecule has 1 aliphatic rings. The number of aliphatic hydroxyl groups excluding tert-OH is 5. The summed E-state index contributed by atoms with van der Waals surface area (Å²) in [5, 5.41) is 53.5. The van der Waals surface area contributed by atoms with Gasteiger partial charge in [0.2, 0.25) is 5.91 Å². The molecule has 2 unspecified atom stereocenters. The summed E-state index contributed by atoms with van der Waals surface area (Å²) in [5.41, 5.74) is 0. The predicted octanol–water partition coefficient (Wildman–Crippen LogP) is 4.66. The molecule has 1 rings (SSSR count). The van der Waals surface area contributed by atoms with E-state index < -0.39 is 49.5 Å². The fraction of sp³-hybridized carbons (Fsp3) is 0.909. The van der Waals surface area contributed by atoms with Gasteiger partial charge in [0.15, 0.2) is 6.29 Å². The molecule has 1 aliphatic heterocycles. The SMILES string of the molecule is CCCCCCCCC/C=C/[C@@H](O)[C@H](CO[C@@H]1O[C@H](CO)[C@H](O)C(O)C1O)NC(=O)CCCCCCCCCCCC. The maximum Gasteiger partial charge on any atom is 0.220 e. The number of allylic oxidation sites excluding steroid dienone is 1. The van der Waals surface area contributed by atoms with Crippen LogP contribution in [0.5, 0.6) is 0 Å². The summed E-state index contributed by atoms with van der Waals surface area (Å²) in [6.07, 6.45) is 16.9. The Kier molecular flexibility index (Phi) is 23.4. The van der Waals surface area contributed by atoms with E-state index in [1.807, 2.05) is 6.08 Å². The second-order valence-electron chi connectivity index (χ2n) is 12.0. The molecule has 0 bridgehead atoms. The van der Waals surface area contributed by atoms with Gasteiger partial charge in [-0.15, -0.1) is 0 Å². The number of ether oxygens (including phenoxy) is 2. The second kappa shape index (κ2) is 25.3. The maximum absolute atomic E-state index is 12.7. The number of carbonyl (C=O) groups is 1. The standard InChI is InChI=1S/C33H63NO8/c1-3-5-7-9-11-13-15-17-19-21-23-29(37)34-26(27(36)22-20-18-16-14-12-10-8-6-4-2)25-41-33-32(40)31(39)30(38)28(24-35)42-33/h20,22,26-28,30-33,35-36,38-40H,3-19,21,23-25H2,1-2H3,(H,34,37)/b22-20+/t26-,27+,28+,30-,31?,32?,33+/m0/s1. The number of aliphatic hydroxyl groups is 5. The largest absolute Gasteiger partial charge is 0.394 e. The van der Waals surface area contributed by atoms with Gasteiger partial charge in [-0.1, -0.05) is 122 Å². The number of unbranched alkanes of at least 4 members (excludes halogenated alkanes) is 16. The Labute approximate surface area is 255 Å². The molecule has 0 aromatic rings. The van der Waals surface area contributed by atoms with E-state index in [1.54, 1.807) is 6.08 Å². The van der Waals surface area contributed by atoms with Gasteiger partial charge in [-0.05, 0) is 19.3 Å². The van der Waals surface area contributed by atoms with Crippen molar-refractivity contribution < 1.29 is 39.8 Å². The van der Waals surface area contributed by atoms with Crippen molar-refractivity contribution in [2.75, 3.05) is 13.2 Å². The van der Waals surface area contributed by atoms with Crippen LogP contribution >= 0.6 is 0 Å². The fourth-order valence-corrected chi connectivity index (χ4v) is 5.27. The first-order valence-corrected chi connectivity index (χ1v) is 16.9. The van der Waals surface area contributed by atoms with Gasteiger partial charge >= 0.3 is 0 Å². The van der Waals surface area contributed by atoms with Crippen molar-refractivity contribution in [3.05, 3.63) is 12.2 Å². The zero-order valence-corrected chi connectivity index (χ0v) is 26.5. The Morgan fingerprint density at radius 2 is 1.31 bits per heavy atom. The summed E-state index contributed by atoms with van der Waals surface area (Å²) in [7, 11) is 0. The van der Waals surface area contributed by atoms with E-state index >= 15 is 0 Å². The zero-order chi connectivity index (χ0) is 31.0. The topological polar surface area (TPSA) is 149 Å². The third kappa shape index (κ3) is 17.3. The lowest BCUT2D eigenvalue weighted by atomic mass is 9.99. The first kappa shape index (κ1) is 39.0. The highest BCUT2D eigenvalue weighted by Crippen LogP contribution is 2.22. The van der Waals surface area contributed by atoms with E-state index in [0.29, 0.717) is 6.42 Å². The maximum atomic E-state index is 12.7. The third-order valence-electron chi connectivity index (χ3n) is 8.11. The monoisotopic (exact) mass is 601 g/mol. The molecule has 9 heteroatoms. The van der Waals surface area contributed by atoms with Crippen molar-refractivity contribution in [3.63, 3.8) is 0 Å². The van der Waals surface area contributed by atoms with Gasteiger partial charge < -0.3 is 40.3 Å². The third-order valence-corrected chi connectivity index (χ3v) is 8.11. The smallest absolute Gasteiger partial charge is 0.220 e. The summed E-state index contributed by atoms with van der Waals surface area (Å²) < 4.78 is 11.1. The van der Waals surface area contributed by atoms with Crippen LogP contribution in [0.15, 0.2) is 12.2 Å². The van der Waals surface area contributed by atoms with Crippen LogP contribution in [-0.4, -0.2) is 87.5 Å². The zero-order valence-electron chi connectivity index (χ0n) is 26.5. The van der Waals surface area contributed by atoms with Crippen LogP contribution in [-0.2, 0) is 14.3 Å². The molecule has 0 radical (unpaired) electrons. The Morgan fingerprint density at radius 1 is 0.786 bits per heavy atom. The summed E-state index contributed by atoms with van der Waals surface area (Å²) in [6.45, 7) is 3.68. The molecule has 1 saturated heterocycles. The lowest BCUT2D eigenvalue weighted by Gasteiger charge is -2.40. The minimum absolute atomic E-state index is 0.184. The highest BCUT2D eigenvalue weighted by atomic mass is 16.7. The van der Waals surface area contributed by atoms with Crippen molar-refractivity contribution in [3.8, 4) is 0 Å². The first-order valence-electron chi connectivity index (χ1n) is 16.9. The highest BCUT2D eigenvalue weighted by Gasteiger charge is 2.44. The molecule has 1 heterocycles. The molecule has 0 aromatic carbocycles. The molecule has 7 atom stereocenters. The average molecular weight is 602 g/mol. The molecule has 0 spiro atoms. The summed E-state index contributed by atoms with van der Waals surface area (Å²) in [6, 6.07) is -0.793. The Balaban J connectivity index is 2.53. The first-order chi connectivity index (χ1) is 20.3. The minimum Gasteiger partial charge on any atom is -0.394 e. The lowest BCUT2D eigenvalue weighted by Crippen LogP contribution is -2.60. The number of hydrogen-bond acceptors (Lipinski definition) is 8. The van der Waals surface area contributed by atoms with Crippen molar-refractivity contribution >= 4 is 5.91 Å². The number of hydrogen-bond donors (Lipinski definition) is 6. The van der Waals surface area contributed by atoms with Gasteiger partial charge in [-0.25, -0.2) is 0 Å². The van der Waals surface area contributed by atoms with E-state index in [9.17, 15) is 30.3 Å². The van der Waals surface area contributed by atoms with Crippen molar-refractivity contribution in [2.24, 2.45) is 0 Å². The van der Waals surface area contributed by atoms with Gasteiger partial charge in [0.25, 0.3) is 0 Å². The molecular formula is C33H63NO8. The highest BCUT2D eigenvalue weighted by molar-refractivity contribution is 5.76. The summed E-state index contributed by atoms with van der Waals surface area (Å²) in [4.78, 5) is 12.7. The normalized spacial score (nSPS) is 24.2. The second-order valence-corrected chi connectivity index (χ2v) is 12.0. The van der Waals surface area contributed by atoms with E-state index in [4.69, 9.17) is 9.47 Å². The molecule has 9 nitrogen and oxygen atoms in total. The molecular weight excluding hydrogens is 538 g/mol. The number of carbonyl (C=O) groups excluding carboxylic acids is 1. The van der Waals surface area contributed by atoms with Crippen LogP contribution in [0.2, 0.25) is 0 Å². The minimum atomic E-state index is -1.56. The van der Waals surface area contributed by atoms with E-state index in [2.05, 4.69) is 19.2 Å². The molecule has 6 N–H and O–H groups in total. The predicted molar refractivity (Wildman–Crippen MR) is 166 cm³/mol. The van der Waals surface area contributed by atoms with Crippen molar-refractivity contribution in [1.82, 2.24) is 5.32 Å². The summed E-state index contributed by atoms with van der Waals surface area (Å²) in [5.74, 6) is -0.184. The molecule has 0 aromatic heterocycles. The van der Waals surface area contributed by atoms with Gasteiger partial charge in [-0.2, -0.15) is 0 Å². The van der Waals surface area contributed by atoms with Gasteiger partial charge in [0.1, 0.15) is 24.4 Å². The van der Waals surface area contributed by atoms with Crippen LogP contribution in [0.4, 0.5) is 0 Å². The van der Waals surface area contributed by atoms with Crippen molar-refractivity contribution in [1.29, 1.82) is 0 Å². The fourth-order valence-electron chi connectivity index (χ4n) is 5.27. The Bertz CT molecular complexity index is 676. The average Bonchev–Trinajstić information content (AvgIpc) is 2.98. The molecule has 0 aliphatic carbocycles. The van der Waals surface area contributed by atoms with Crippen LogP contribution in [0.25, 0.3) is 0 Å². The Hall–Kier alpha value is -1.07. The molecule has 1 fully saturated rings. The van der Waals surface area contributed by atoms with Crippen LogP contribution in [0.1, 0.15) is 136 Å². The van der Waals surface area contributed by atoms with Crippen LogP contribution < -0.4 is 5.32 Å². The molecule has 1 amide bonds. The number of amides is 1. The van der Waals surface area contributed by atoms with Gasteiger partial charge in [0, 0.05) is 6.42 Å². The lowest BCUT2D eigenvalue weighted by molar-refractivity contribution is -0.302. The molecule has 0 saturated carbocycles. The van der Waals surface area contributed by atoms with Crippen LogP contribution in [0.3, 0.4) is 0 Å². The Morgan fingerprint density at radius 3 is 1.86 bits per heavy atom. The van der Waals surface area contributed by atoms with E-state index in [-0.39, 0.29) is 12.5 Å². The van der Waals surface area contributed by atoms with E-state index in [1.165, 1.54) is 77.0 Å². The van der Waals surface area contributed by atoms with Gasteiger partial charge in [-0.3, -0.25) is 4.79 Å². The number of rotatable bonds is 26. The molecule has 42 heavy (non-hydrogen) atoms. The van der Waals surface area contributed by atoms with Crippen molar-refractivity contribution in [2.45, 2.75) is 179 Å². The summed E-state index contributed by atoms with van der Waals surface area (Å²) >= 11 is 0.